The normalized spacial score (nSPS) is 11.5. The van der Waals surface area contributed by atoms with Crippen LogP contribution in [-0.4, -0.2) is 16.4 Å². The Morgan fingerprint density at radius 3 is 0.571 bits per heavy atom. The lowest BCUT2D eigenvalue weighted by atomic mass is 10.0. The van der Waals surface area contributed by atoms with E-state index in [2.05, 4.69) is 15.9 Å². The number of halogens is 1. The fraction of sp³-hybridized carbons (Fsp3) is 0.974. The van der Waals surface area contributed by atoms with Crippen molar-refractivity contribution in [2.45, 2.75) is 238 Å². The van der Waals surface area contributed by atoms with E-state index in [0.717, 1.165) is 12.8 Å². The Morgan fingerprint density at radius 1 is 0.286 bits per heavy atom. The molecule has 0 unspecified atom stereocenters. The van der Waals surface area contributed by atoms with E-state index in [1.165, 1.54) is 224 Å². The van der Waals surface area contributed by atoms with Gasteiger partial charge in [-0.25, -0.2) is 0 Å². The number of carboxylic acids is 1. The molecule has 0 fully saturated rings. The smallest absolute Gasteiger partial charge is 0.303 e. The molecule has 0 saturated carbocycles. The zero-order valence-electron chi connectivity index (χ0n) is 28.6. The molecule has 0 radical (unpaired) electrons. The number of alkyl halides is 1. The Morgan fingerprint density at radius 2 is 0.429 bits per heavy atom. The molecular formula is C39H77BrO2. The second kappa shape index (κ2) is 39.0. The maximum atomic E-state index is 10.5. The van der Waals surface area contributed by atoms with Crippen LogP contribution >= 0.6 is 15.9 Å². The number of unbranched alkanes of at least 4 members (excludes halogenated alkanes) is 35. The predicted octanol–water partition coefficient (Wildman–Crippen LogP) is 14.9. The van der Waals surface area contributed by atoms with Gasteiger partial charge in [0.1, 0.15) is 0 Å². The van der Waals surface area contributed by atoms with Gasteiger partial charge in [-0.15, -0.1) is 0 Å². The van der Waals surface area contributed by atoms with Crippen molar-refractivity contribution >= 4 is 21.9 Å². The number of rotatable bonds is 38. The van der Waals surface area contributed by atoms with Gasteiger partial charge in [-0.3, -0.25) is 4.79 Å². The third-order valence-corrected chi connectivity index (χ3v) is 9.84. The van der Waals surface area contributed by atoms with Gasteiger partial charge in [0.15, 0.2) is 0 Å². The van der Waals surface area contributed by atoms with Gasteiger partial charge in [-0.2, -0.15) is 0 Å². The maximum Gasteiger partial charge on any atom is 0.303 e. The monoisotopic (exact) mass is 657 g/mol. The van der Waals surface area contributed by atoms with Crippen molar-refractivity contribution in [1.29, 1.82) is 0 Å². The molecule has 0 bridgehead atoms. The van der Waals surface area contributed by atoms with E-state index in [9.17, 15) is 4.79 Å². The second-order valence-corrected chi connectivity index (χ2v) is 14.4. The van der Waals surface area contributed by atoms with Gasteiger partial charge in [0.05, 0.1) is 0 Å². The lowest BCUT2D eigenvalue weighted by Crippen LogP contribution is -1.93. The summed E-state index contributed by atoms with van der Waals surface area (Å²) in [6.45, 7) is 0. The van der Waals surface area contributed by atoms with Crippen LogP contribution in [0.5, 0.6) is 0 Å². The van der Waals surface area contributed by atoms with E-state index in [-0.39, 0.29) is 0 Å². The van der Waals surface area contributed by atoms with Crippen LogP contribution < -0.4 is 0 Å². The van der Waals surface area contributed by atoms with E-state index in [1.54, 1.807) is 0 Å². The summed E-state index contributed by atoms with van der Waals surface area (Å²) in [6.07, 6.45) is 51.2. The van der Waals surface area contributed by atoms with Gasteiger partial charge in [-0.05, 0) is 12.8 Å². The highest BCUT2D eigenvalue weighted by atomic mass is 79.9. The average Bonchev–Trinajstić information content (AvgIpc) is 2.98. The van der Waals surface area contributed by atoms with Gasteiger partial charge < -0.3 is 5.11 Å². The maximum absolute atomic E-state index is 10.5. The molecule has 3 heteroatoms. The van der Waals surface area contributed by atoms with Crippen LogP contribution in [0.4, 0.5) is 0 Å². The molecule has 42 heavy (non-hydrogen) atoms. The van der Waals surface area contributed by atoms with Crippen molar-refractivity contribution in [2.75, 3.05) is 5.33 Å². The third kappa shape index (κ3) is 40.0. The quantitative estimate of drug-likeness (QED) is 0.0530. The third-order valence-electron chi connectivity index (χ3n) is 9.27. The van der Waals surface area contributed by atoms with Crippen molar-refractivity contribution in [1.82, 2.24) is 0 Å². The van der Waals surface area contributed by atoms with Gasteiger partial charge in [0, 0.05) is 11.8 Å². The van der Waals surface area contributed by atoms with Crippen LogP contribution in [0.2, 0.25) is 0 Å². The Hall–Kier alpha value is -0.0500. The Bertz CT molecular complexity index is 495. The molecule has 0 aromatic heterocycles. The van der Waals surface area contributed by atoms with Gasteiger partial charge in [0.2, 0.25) is 0 Å². The molecule has 0 aliphatic rings. The molecule has 0 aromatic rings. The molecule has 252 valence electrons. The van der Waals surface area contributed by atoms with Crippen molar-refractivity contribution in [3.8, 4) is 0 Å². The van der Waals surface area contributed by atoms with E-state index in [0.29, 0.717) is 6.42 Å². The summed E-state index contributed by atoms with van der Waals surface area (Å²) in [7, 11) is 0. The van der Waals surface area contributed by atoms with Crippen molar-refractivity contribution in [2.24, 2.45) is 0 Å². The molecule has 0 aromatic carbocycles. The molecule has 0 aliphatic heterocycles. The summed E-state index contributed by atoms with van der Waals surface area (Å²) in [5.41, 5.74) is 0. The minimum Gasteiger partial charge on any atom is -0.481 e. The first kappa shape index (κ1) is 42.0. The molecule has 0 heterocycles. The SMILES string of the molecule is O=C(O)CCCCCCCCCCCCCCCCCCCCCCCCCCCCCCCCCCCCCCBr. The molecule has 0 atom stereocenters. The van der Waals surface area contributed by atoms with Gasteiger partial charge in [0.25, 0.3) is 0 Å². The van der Waals surface area contributed by atoms with Crippen LogP contribution in [0.1, 0.15) is 238 Å². The minimum atomic E-state index is -0.647. The summed E-state index contributed by atoms with van der Waals surface area (Å²) in [5, 5.41) is 9.82. The van der Waals surface area contributed by atoms with Gasteiger partial charge >= 0.3 is 5.97 Å². The Balaban J connectivity index is 3.03. The number of hydrogen-bond donors (Lipinski definition) is 1. The molecule has 0 rings (SSSR count). The first-order valence-electron chi connectivity index (χ1n) is 19.5. The van der Waals surface area contributed by atoms with Crippen LogP contribution in [0, 0.1) is 0 Å². The predicted molar refractivity (Wildman–Crippen MR) is 192 cm³/mol. The molecule has 1 N–H and O–H groups in total. The highest BCUT2D eigenvalue weighted by Gasteiger charge is 1.99. The standard InChI is InChI=1S/C39H77BrO2/c40-38-36-34-32-30-28-26-24-22-20-18-16-14-12-10-8-6-4-2-1-3-5-7-9-11-13-15-17-19-21-23-25-27-29-31-33-35-37-39(41)42/h1-38H2,(H,41,42). The van der Waals surface area contributed by atoms with E-state index >= 15 is 0 Å². The van der Waals surface area contributed by atoms with E-state index in [4.69, 9.17) is 5.11 Å². The summed E-state index contributed by atoms with van der Waals surface area (Å²) in [6, 6.07) is 0. The lowest BCUT2D eigenvalue weighted by Gasteiger charge is -2.05. The fourth-order valence-electron chi connectivity index (χ4n) is 6.38. The number of hydrogen-bond acceptors (Lipinski definition) is 1. The molecule has 0 aliphatic carbocycles. The number of aliphatic carboxylic acids is 1. The lowest BCUT2D eigenvalue weighted by molar-refractivity contribution is -0.137. The van der Waals surface area contributed by atoms with Crippen LogP contribution in [0.25, 0.3) is 0 Å². The highest BCUT2D eigenvalue weighted by molar-refractivity contribution is 9.09. The zero-order chi connectivity index (χ0) is 30.4. The van der Waals surface area contributed by atoms with Crippen molar-refractivity contribution in [3.05, 3.63) is 0 Å². The zero-order valence-corrected chi connectivity index (χ0v) is 30.2. The van der Waals surface area contributed by atoms with Crippen LogP contribution in [0.3, 0.4) is 0 Å². The second-order valence-electron chi connectivity index (χ2n) is 13.6. The topological polar surface area (TPSA) is 37.3 Å². The first-order chi connectivity index (χ1) is 20.8. The highest BCUT2D eigenvalue weighted by Crippen LogP contribution is 2.17. The van der Waals surface area contributed by atoms with Crippen molar-refractivity contribution < 1.29 is 9.90 Å². The van der Waals surface area contributed by atoms with Crippen LogP contribution in [0.15, 0.2) is 0 Å². The first-order valence-corrected chi connectivity index (χ1v) is 20.7. The molecule has 0 saturated heterocycles. The molecule has 0 amide bonds. The van der Waals surface area contributed by atoms with Gasteiger partial charge in [-0.1, -0.05) is 234 Å². The fourth-order valence-corrected chi connectivity index (χ4v) is 6.78. The van der Waals surface area contributed by atoms with Crippen molar-refractivity contribution in [3.63, 3.8) is 0 Å². The molecular weight excluding hydrogens is 580 g/mol. The summed E-state index contributed by atoms with van der Waals surface area (Å²) >= 11 is 3.52. The largest absolute Gasteiger partial charge is 0.481 e. The van der Waals surface area contributed by atoms with E-state index in [1.807, 2.05) is 0 Å². The average molecular weight is 658 g/mol. The Labute approximate surface area is 273 Å². The summed E-state index contributed by atoms with van der Waals surface area (Å²) < 4.78 is 0. The molecule has 2 nitrogen and oxygen atoms in total. The van der Waals surface area contributed by atoms with E-state index < -0.39 is 5.97 Å². The number of carbonyl (C=O) groups is 1. The molecule has 0 spiro atoms. The summed E-state index contributed by atoms with van der Waals surface area (Å²) in [5.74, 6) is -0.647. The number of carboxylic acid groups (broad SMARTS) is 1. The minimum absolute atomic E-state index is 0.346. The Kier molecular flexibility index (Phi) is 38.9. The summed E-state index contributed by atoms with van der Waals surface area (Å²) in [4.78, 5) is 10.5. The van der Waals surface area contributed by atoms with Crippen LogP contribution in [-0.2, 0) is 4.79 Å².